The zero-order chi connectivity index (χ0) is 21.5. The van der Waals surface area contributed by atoms with Crippen LogP contribution in [0.5, 0.6) is 5.75 Å². The number of nitrogens with zero attached hydrogens (tertiary/aromatic N) is 1. The van der Waals surface area contributed by atoms with E-state index in [4.69, 9.17) is 15.2 Å². The Kier molecular flexibility index (Phi) is 10.1. The van der Waals surface area contributed by atoms with Crippen LogP contribution in [0.2, 0.25) is 0 Å². The minimum atomic E-state index is -0.450. The summed E-state index contributed by atoms with van der Waals surface area (Å²) in [6.45, 7) is 0.442. The maximum absolute atomic E-state index is 13.0. The second-order valence-corrected chi connectivity index (χ2v) is 7.34. The van der Waals surface area contributed by atoms with Crippen LogP contribution < -0.4 is 10.5 Å². The SMILES string of the molecule is Cl.Cl.N[C@@H](COc1cnc2ccccc2c1C(=O)OCc1ccccc1)Cc1ccccc1. The van der Waals surface area contributed by atoms with Crippen LogP contribution in [0.25, 0.3) is 10.9 Å². The Balaban J connectivity index is 0.00000193. The van der Waals surface area contributed by atoms with Crippen LogP contribution in [-0.4, -0.2) is 23.6 Å². The molecule has 0 radical (unpaired) electrons. The number of ether oxygens (including phenoxy) is 2. The van der Waals surface area contributed by atoms with E-state index >= 15 is 0 Å². The second-order valence-electron chi connectivity index (χ2n) is 7.34. The molecule has 0 amide bonds. The average Bonchev–Trinajstić information content (AvgIpc) is 2.82. The van der Waals surface area contributed by atoms with Gasteiger partial charge in [-0.05, 0) is 23.6 Å². The number of hydrogen-bond acceptors (Lipinski definition) is 5. The Morgan fingerprint density at radius 2 is 1.45 bits per heavy atom. The molecule has 33 heavy (non-hydrogen) atoms. The molecule has 1 aromatic heterocycles. The number of pyridine rings is 1. The number of para-hydroxylation sites is 1. The summed E-state index contributed by atoms with van der Waals surface area (Å²) in [6, 6.07) is 26.8. The molecule has 0 aliphatic carbocycles. The molecule has 3 aromatic carbocycles. The number of fused-ring (bicyclic) bond motifs is 1. The minimum absolute atomic E-state index is 0. The first-order valence-electron chi connectivity index (χ1n) is 10.2. The fourth-order valence-electron chi connectivity index (χ4n) is 3.41. The van der Waals surface area contributed by atoms with E-state index in [2.05, 4.69) is 4.98 Å². The summed E-state index contributed by atoms with van der Waals surface area (Å²) >= 11 is 0. The molecule has 2 N–H and O–H groups in total. The lowest BCUT2D eigenvalue weighted by Crippen LogP contribution is -2.30. The molecule has 0 spiro atoms. The van der Waals surface area contributed by atoms with E-state index in [1.54, 1.807) is 6.20 Å². The number of carbonyl (C=O) groups is 1. The highest BCUT2D eigenvalue weighted by Gasteiger charge is 2.20. The predicted octanol–water partition coefficient (Wildman–Crippen LogP) is 5.38. The number of esters is 1. The molecular weight excluding hydrogens is 459 g/mol. The van der Waals surface area contributed by atoms with E-state index in [9.17, 15) is 4.79 Å². The summed E-state index contributed by atoms with van der Waals surface area (Å²) < 4.78 is 11.6. The third-order valence-electron chi connectivity index (χ3n) is 4.95. The van der Waals surface area contributed by atoms with Gasteiger partial charge >= 0.3 is 5.97 Å². The first-order valence-corrected chi connectivity index (χ1v) is 10.2. The number of benzene rings is 3. The number of halogens is 2. The molecule has 0 unspecified atom stereocenters. The van der Waals surface area contributed by atoms with Crippen LogP contribution in [0.15, 0.2) is 91.1 Å². The highest BCUT2D eigenvalue weighted by Crippen LogP contribution is 2.27. The molecule has 0 fully saturated rings. The molecule has 172 valence electrons. The van der Waals surface area contributed by atoms with Gasteiger partial charge < -0.3 is 15.2 Å². The van der Waals surface area contributed by atoms with Crippen molar-refractivity contribution in [3.8, 4) is 5.75 Å². The predicted molar refractivity (Wildman–Crippen MR) is 135 cm³/mol. The van der Waals surface area contributed by atoms with Crippen LogP contribution in [-0.2, 0) is 17.8 Å². The van der Waals surface area contributed by atoms with Crippen molar-refractivity contribution >= 4 is 41.7 Å². The summed E-state index contributed by atoms with van der Waals surface area (Å²) in [4.78, 5) is 17.5. The lowest BCUT2D eigenvalue weighted by Gasteiger charge is -2.16. The smallest absolute Gasteiger partial charge is 0.343 e. The number of carbonyl (C=O) groups excluding carboxylic acids is 1. The van der Waals surface area contributed by atoms with Crippen molar-refractivity contribution in [3.05, 3.63) is 108 Å². The molecule has 1 heterocycles. The van der Waals surface area contributed by atoms with Crippen molar-refractivity contribution in [3.63, 3.8) is 0 Å². The van der Waals surface area contributed by atoms with Crippen molar-refractivity contribution in [1.29, 1.82) is 0 Å². The van der Waals surface area contributed by atoms with E-state index in [1.165, 1.54) is 0 Å². The Bertz CT molecular complexity index is 1160. The van der Waals surface area contributed by atoms with Crippen LogP contribution in [0.4, 0.5) is 0 Å². The van der Waals surface area contributed by atoms with E-state index in [0.29, 0.717) is 28.6 Å². The van der Waals surface area contributed by atoms with Gasteiger partial charge in [-0.25, -0.2) is 4.79 Å². The van der Waals surface area contributed by atoms with Gasteiger partial charge in [-0.2, -0.15) is 0 Å². The fraction of sp³-hybridized carbons (Fsp3) is 0.154. The van der Waals surface area contributed by atoms with Crippen molar-refractivity contribution in [2.45, 2.75) is 19.1 Å². The first kappa shape index (κ1) is 26.1. The van der Waals surface area contributed by atoms with Crippen molar-refractivity contribution in [2.24, 2.45) is 5.73 Å². The van der Waals surface area contributed by atoms with Crippen LogP contribution in [0.3, 0.4) is 0 Å². The quantitative estimate of drug-likeness (QED) is 0.339. The van der Waals surface area contributed by atoms with Crippen LogP contribution in [0.1, 0.15) is 21.5 Å². The summed E-state index contributed by atoms with van der Waals surface area (Å²) in [5, 5.41) is 0.690. The van der Waals surface area contributed by atoms with E-state index in [1.807, 2.05) is 84.9 Å². The Labute approximate surface area is 205 Å². The molecule has 4 rings (SSSR count). The summed E-state index contributed by atoms with van der Waals surface area (Å²) in [6.07, 6.45) is 2.24. The van der Waals surface area contributed by atoms with Crippen molar-refractivity contribution in [1.82, 2.24) is 4.98 Å². The zero-order valence-corrected chi connectivity index (χ0v) is 19.6. The highest BCUT2D eigenvalue weighted by atomic mass is 35.5. The summed E-state index contributed by atoms with van der Waals surface area (Å²) in [5.41, 5.74) is 9.39. The summed E-state index contributed by atoms with van der Waals surface area (Å²) in [7, 11) is 0. The van der Waals surface area contributed by atoms with Crippen LogP contribution >= 0.6 is 24.8 Å². The van der Waals surface area contributed by atoms with E-state index < -0.39 is 5.97 Å². The second kappa shape index (κ2) is 12.8. The van der Waals surface area contributed by atoms with Crippen molar-refractivity contribution < 1.29 is 14.3 Å². The molecule has 0 bridgehead atoms. The van der Waals surface area contributed by atoms with Gasteiger partial charge in [-0.3, -0.25) is 4.98 Å². The zero-order valence-electron chi connectivity index (χ0n) is 17.9. The third kappa shape index (κ3) is 6.93. The van der Waals surface area contributed by atoms with Gasteiger partial charge in [0, 0.05) is 11.4 Å². The Hall–Kier alpha value is -3.12. The van der Waals surface area contributed by atoms with Gasteiger partial charge in [0.05, 0.1) is 11.7 Å². The maximum atomic E-state index is 13.0. The molecule has 4 aromatic rings. The molecule has 0 aliphatic heterocycles. The fourth-order valence-corrected chi connectivity index (χ4v) is 3.41. The molecule has 1 atom stereocenters. The Morgan fingerprint density at radius 3 is 2.15 bits per heavy atom. The molecule has 0 saturated carbocycles. The normalized spacial score (nSPS) is 11.1. The van der Waals surface area contributed by atoms with E-state index in [-0.39, 0.29) is 44.1 Å². The molecule has 0 saturated heterocycles. The topological polar surface area (TPSA) is 74.4 Å². The monoisotopic (exact) mass is 484 g/mol. The summed E-state index contributed by atoms with van der Waals surface area (Å²) in [5.74, 6) is -0.0747. The third-order valence-corrected chi connectivity index (χ3v) is 4.95. The van der Waals surface area contributed by atoms with Gasteiger partial charge in [-0.1, -0.05) is 78.9 Å². The highest BCUT2D eigenvalue weighted by molar-refractivity contribution is 6.05. The minimum Gasteiger partial charge on any atom is -0.489 e. The van der Waals surface area contributed by atoms with Gasteiger partial charge in [0.2, 0.25) is 0 Å². The molecule has 0 aliphatic rings. The van der Waals surface area contributed by atoms with Crippen LogP contribution in [0, 0.1) is 0 Å². The van der Waals surface area contributed by atoms with Gasteiger partial charge in [0.15, 0.2) is 5.75 Å². The van der Waals surface area contributed by atoms with Gasteiger partial charge in [-0.15, -0.1) is 24.8 Å². The number of rotatable bonds is 8. The van der Waals surface area contributed by atoms with E-state index in [0.717, 1.165) is 11.1 Å². The molecular formula is C26H26Cl2N2O3. The number of aromatic nitrogens is 1. The standard InChI is InChI=1S/C26H24N2O3.2ClH/c27-21(15-19-9-3-1-4-10-19)18-30-24-16-28-23-14-8-7-13-22(23)25(24)26(29)31-17-20-11-5-2-6-12-20;;/h1-14,16,21H,15,17-18,27H2;2*1H/t21-;;/m1../s1. The number of nitrogens with two attached hydrogens (primary N) is 1. The van der Waals surface area contributed by atoms with Gasteiger partial charge in [0.1, 0.15) is 18.8 Å². The molecule has 5 nitrogen and oxygen atoms in total. The Morgan fingerprint density at radius 1 is 0.848 bits per heavy atom. The van der Waals surface area contributed by atoms with Gasteiger partial charge in [0.25, 0.3) is 0 Å². The first-order chi connectivity index (χ1) is 15.2. The maximum Gasteiger partial charge on any atom is 0.343 e. The van der Waals surface area contributed by atoms with Crippen molar-refractivity contribution in [2.75, 3.05) is 6.61 Å². The molecule has 7 heteroatoms. The lowest BCUT2D eigenvalue weighted by atomic mass is 10.1. The lowest BCUT2D eigenvalue weighted by molar-refractivity contribution is 0.0470. The largest absolute Gasteiger partial charge is 0.489 e. The average molecular weight is 485 g/mol. The number of hydrogen-bond donors (Lipinski definition) is 1.